The van der Waals surface area contributed by atoms with Gasteiger partial charge >= 0.3 is 18.7 Å². The largest absolute Gasteiger partial charge is 0.573 e. The lowest BCUT2D eigenvalue weighted by Gasteiger charge is -2.13. The first-order valence-electron chi connectivity index (χ1n) is 7.51. The average Bonchev–Trinajstić information content (AvgIpc) is 2.56. The molecule has 29 heavy (non-hydrogen) atoms. The van der Waals surface area contributed by atoms with Gasteiger partial charge in [0.05, 0.1) is 11.1 Å². The van der Waals surface area contributed by atoms with E-state index in [1.54, 1.807) is 0 Å². The van der Waals surface area contributed by atoms with E-state index >= 15 is 0 Å². The maximum absolute atomic E-state index is 12.9. The Bertz CT molecular complexity index is 890. The van der Waals surface area contributed by atoms with Gasteiger partial charge in [-0.2, -0.15) is 26.3 Å². The summed E-state index contributed by atoms with van der Waals surface area (Å²) in [5, 5.41) is 0. The van der Waals surface area contributed by atoms with E-state index in [0.717, 1.165) is 30.4 Å². The average molecular weight is 428 g/mol. The summed E-state index contributed by atoms with van der Waals surface area (Å²) in [6.45, 7) is 0. The van der Waals surface area contributed by atoms with Crippen molar-refractivity contribution in [3.05, 3.63) is 64.2 Å². The predicted octanol–water partition coefficient (Wildman–Crippen LogP) is 6.61. The Balaban J connectivity index is 2.47. The second-order valence-corrected chi connectivity index (χ2v) is 5.67. The molecule has 0 unspecified atom stereocenters. The lowest BCUT2D eigenvalue weighted by atomic mass is 10.0. The zero-order chi connectivity index (χ0) is 22.0. The molecule has 0 aliphatic carbocycles. The molecule has 0 bridgehead atoms. The molecule has 0 aromatic heterocycles. The summed E-state index contributed by atoms with van der Waals surface area (Å²) < 4.78 is 118. The summed E-state index contributed by atoms with van der Waals surface area (Å²) in [6.07, 6.45) is -13.2. The van der Waals surface area contributed by atoms with E-state index in [1.165, 1.54) is 0 Å². The molecule has 2 aromatic carbocycles. The Morgan fingerprint density at radius 2 is 1.07 bits per heavy atom. The first-order valence-corrected chi connectivity index (χ1v) is 7.51. The van der Waals surface area contributed by atoms with Gasteiger partial charge in [0.25, 0.3) is 0 Å². The third-order valence-electron chi connectivity index (χ3n) is 3.40. The fourth-order valence-electron chi connectivity index (χ4n) is 2.27. The number of carbonyl (C=O) groups is 1. The van der Waals surface area contributed by atoms with Gasteiger partial charge in [-0.25, -0.2) is 0 Å². The van der Waals surface area contributed by atoms with Crippen LogP contribution in [0.1, 0.15) is 32.6 Å². The highest BCUT2D eigenvalue weighted by Crippen LogP contribution is 2.36. The van der Waals surface area contributed by atoms with Gasteiger partial charge in [-0.05, 0) is 47.5 Å². The molecule has 2 aromatic rings. The first-order chi connectivity index (χ1) is 13.2. The molecule has 0 spiro atoms. The number of alkyl halides is 9. The van der Waals surface area contributed by atoms with Crippen LogP contribution in [0.2, 0.25) is 0 Å². The minimum absolute atomic E-state index is 0.0559. The number of aldehydes is 1. The van der Waals surface area contributed by atoms with Crippen molar-refractivity contribution in [2.45, 2.75) is 18.7 Å². The van der Waals surface area contributed by atoms with Crippen LogP contribution in [0.5, 0.6) is 5.75 Å². The number of hydrogen-bond donors (Lipinski definition) is 0. The molecule has 0 heterocycles. The highest BCUT2D eigenvalue weighted by atomic mass is 19.4. The van der Waals surface area contributed by atoms with Gasteiger partial charge in [0, 0.05) is 5.56 Å². The zero-order valence-corrected chi connectivity index (χ0v) is 13.9. The smallest absolute Gasteiger partial charge is 0.406 e. The van der Waals surface area contributed by atoms with E-state index < -0.39 is 41.2 Å². The maximum atomic E-state index is 12.9. The van der Waals surface area contributed by atoms with Crippen molar-refractivity contribution in [1.29, 1.82) is 0 Å². The molecule has 0 atom stereocenters. The molecule has 156 valence electrons. The van der Waals surface area contributed by atoms with Crippen molar-refractivity contribution in [3.63, 3.8) is 0 Å². The molecule has 11 heteroatoms. The van der Waals surface area contributed by atoms with Crippen LogP contribution >= 0.6 is 0 Å². The van der Waals surface area contributed by atoms with Crippen molar-refractivity contribution in [3.8, 4) is 5.75 Å². The van der Waals surface area contributed by atoms with Crippen molar-refractivity contribution in [2.75, 3.05) is 0 Å². The molecule has 0 saturated heterocycles. The molecule has 0 N–H and O–H groups in total. The summed E-state index contributed by atoms with van der Waals surface area (Å²) in [5.41, 5.74) is -3.95. The highest BCUT2D eigenvalue weighted by Gasteiger charge is 2.36. The fourth-order valence-corrected chi connectivity index (χ4v) is 2.27. The molecule has 0 aliphatic rings. The third-order valence-corrected chi connectivity index (χ3v) is 3.40. The van der Waals surface area contributed by atoms with E-state index in [9.17, 15) is 44.3 Å². The summed E-state index contributed by atoms with van der Waals surface area (Å²) in [4.78, 5) is 10.8. The molecule has 0 aliphatic heterocycles. The lowest BCUT2D eigenvalue weighted by molar-refractivity contribution is -0.274. The predicted molar refractivity (Wildman–Crippen MR) is 83.9 cm³/mol. The van der Waals surface area contributed by atoms with Crippen LogP contribution < -0.4 is 4.74 Å². The van der Waals surface area contributed by atoms with Crippen molar-refractivity contribution in [2.24, 2.45) is 0 Å². The normalized spacial score (nSPS) is 13.0. The lowest BCUT2D eigenvalue weighted by Crippen LogP contribution is -2.17. The Labute approximate surface area is 157 Å². The van der Waals surface area contributed by atoms with Crippen LogP contribution in [0.4, 0.5) is 39.5 Å². The number of halogens is 9. The molecular weight excluding hydrogens is 419 g/mol. The van der Waals surface area contributed by atoms with Gasteiger partial charge in [-0.15, -0.1) is 13.2 Å². The molecule has 2 rings (SSSR count). The number of rotatable bonds is 4. The van der Waals surface area contributed by atoms with Crippen molar-refractivity contribution in [1.82, 2.24) is 0 Å². The molecule has 0 radical (unpaired) electrons. The van der Waals surface area contributed by atoms with E-state index in [0.29, 0.717) is 12.1 Å². The highest BCUT2D eigenvalue weighted by molar-refractivity contribution is 5.79. The Morgan fingerprint density at radius 3 is 1.48 bits per heavy atom. The van der Waals surface area contributed by atoms with Gasteiger partial charge in [0.1, 0.15) is 12.0 Å². The number of benzene rings is 2. The van der Waals surface area contributed by atoms with Gasteiger partial charge in [-0.3, -0.25) is 4.79 Å². The Kier molecular flexibility index (Phi) is 6.00. The number of carbonyl (C=O) groups excluding carboxylic acids is 1. The summed E-state index contributed by atoms with van der Waals surface area (Å²) in [6, 6.07) is 3.49. The minimum Gasteiger partial charge on any atom is -0.406 e. The van der Waals surface area contributed by atoms with Crippen LogP contribution in [-0.2, 0) is 12.4 Å². The van der Waals surface area contributed by atoms with E-state index in [1.807, 2.05) is 0 Å². The molecule has 0 saturated carbocycles. The van der Waals surface area contributed by atoms with Gasteiger partial charge in [0.15, 0.2) is 0 Å². The van der Waals surface area contributed by atoms with Gasteiger partial charge in [-0.1, -0.05) is 12.2 Å². The van der Waals surface area contributed by atoms with Crippen molar-refractivity contribution < 1.29 is 49.0 Å². The van der Waals surface area contributed by atoms with Gasteiger partial charge < -0.3 is 4.74 Å². The monoisotopic (exact) mass is 428 g/mol. The van der Waals surface area contributed by atoms with E-state index in [-0.39, 0.29) is 23.5 Å². The Morgan fingerprint density at radius 1 is 0.621 bits per heavy atom. The van der Waals surface area contributed by atoms with Crippen LogP contribution in [0.3, 0.4) is 0 Å². The van der Waals surface area contributed by atoms with Gasteiger partial charge in [0.2, 0.25) is 0 Å². The van der Waals surface area contributed by atoms with Crippen LogP contribution in [-0.4, -0.2) is 12.6 Å². The Hall–Kier alpha value is -2.98. The van der Waals surface area contributed by atoms with Crippen LogP contribution in [0.25, 0.3) is 12.2 Å². The van der Waals surface area contributed by atoms with E-state index in [4.69, 9.17) is 0 Å². The van der Waals surface area contributed by atoms with Crippen LogP contribution in [0.15, 0.2) is 36.4 Å². The second-order valence-electron chi connectivity index (χ2n) is 5.67. The number of ether oxygens (including phenoxy) is 1. The molecular formula is C18H9F9O2. The second kappa shape index (κ2) is 7.80. The summed E-state index contributed by atoms with van der Waals surface area (Å²) in [7, 11) is 0. The maximum Gasteiger partial charge on any atom is 0.573 e. The van der Waals surface area contributed by atoms with Crippen LogP contribution in [0, 0.1) is 0 Å². The standard InChI is InChI=1S/C18H9F9O2/c19-16(20,21)13-4-11(5-14(8-13)17(22,23)24)2-1-10-3-12(9-28)7-15(6-10)29-18(25,26)27/h1-9H/b2-1+. The summed E-state index contributed by atoms with van der Waals surface area (Å²) >= 11 is 0. The summed E-state index contributed by atoms with van der Waals surface area (Å²) in [5.74, 6) is -0.776. The van der Waals surface area contributed by atoms with Crippen molar-refractivity contribution >= 4 is 18.4 Å². The van der Waals surface area contributed by atoms with E-state index in [2.05, 4.69) is 4.74 Å². The fraction of sp³-hybridized carbons (Fsp3) is 0.167. The first kappa shape index (κ1) is 22.3. The molecule has 0 fully saturated rings. The molecule has 2 nitrogen and oxygen atoms in total. The zero-order valence-electron chi connectivity index (χ0n) is 13.9. The molecule has 0 amide bonds. The SMILES string of the molecule is O=Cc1cc(/C=C/c2cc(C(F)(F)F)cc(C(F)(F)F)c2)cc(OC(F)(F)F)c1. The third kappa shape index (κ3) is 6.54. The minimum atomic E-state index is -5.06. The topological polar surface area (TPSA) is 26.3 Å². The quantitative estimate of drug-likeness (QED) is 0.311. The number of hydrogen-bond acceptors (Lipinski definition) is 2.